The van der Waals surface area contributed by atoms with Gasteiger partial charge in [0, 0.05) is 30.3 Å². The van der Waals surface area contributed by atoms with Crippen molar-refractivity contribution in [2.75, 3.05) is 5.32 Å². The van der Waals surface area contributed by atoms with Crippen molar-refractivity contribution in [2.24, 2.45) is 5.92 Å². The number of aromatic nitrogens is 4. The van der Waals surface area contributed by atoms with Crippen molar-refractivity contribution in [3.8, 4) is 0 Å². The number of carbonyl (C=O) groups is 1. The van der Waals surface area contributed by atoms with E-state index in [1.54, 1.807) is 18.6 Å². The van der Waals surface area contributed by atoms with Crippen LogP contribution >= 0.6 is 0 Å². The first-order chi connectivity index (χ1) is 12.3. The van der Waals surface area contributed by atoms with E-state index in [-0.39, 0.29) is 11.8 Å². The van der Waals surface area contributed by atoms with Gasteiger partial charge in [-0.05, 0) is 38.5 Å². The minimum absolute atomic E-state index is 0.0507. The number of anilines is 1. The van der Waals surface area contributed by atoms with E-state index < -0.39 is 0 Å². The van der Waals surface area contributed by atoms with Crippen LogP contribution in [0.4, 0.5) is 5.82 Å². The van der Waals surface area contributed by atoms with E-state index in [2.05, 4.69) is 30.7 Å². The second-order valence-electron chi connectivity index (χ2n) is 6.82. The fourth-order valence-electron chi connectivity index (χ4n) is 3.23. The lowest BCUT2D eigenvalue weighted by Crippen LogP contribution is -2.35. The zero-order valence-electron chi connectivity index (χ0n) is 14.0. The van der Waals surface area contributed by atoms with E-state index in [1.807, 2.05) is 0 Å². The highest BCUT2D eigenvalue weighted by Crippen LogP contribution is 2.38. The van der Waals surface area contributed by atoms with Gasteiger partial charge in [0.15, 0.2) is 5.82 Å². The molecular formula is C17H22N6O2. The zero-order chi connectivity index (χ0) is 17.1. The molecule has 0 spiro atoms. The molecule has 4 rings (SSSR count). The van der Waals surface area contributed by atoms with Gasteiger partial charge in [-0.3, -0.25) is 9.78 Å². The monoisotopic (exact) mass is 342 g/mol. The van der Waals surface area contributed by atoms with Crippen LogP contribution in [0.3, 0.4) is 0 Å². The topological polar surface area (TPSA) is 106 Å². The van der Waals surface area contributed by atoms with Crippen molar-refractivity contribution in [3.05, 3.63) is 30.3 Å². The Kier molecular flexibility index (Phi) is 4.58. The number of carbonyl (C=O) groups excluding carboxylic acids is 1. The van der Waals surface area contributed by atoms with Crippen molar-refractivity contribution < 1.29 is 9.32 Å². The van der Waals surface area contributed by atoms with Crippen molar-refractivity contribution in [2.45, 2.75) is 57.0 Å². The highest BCUT2D eigenvalue weighted by atomic mass is 16.5. The summed E-state index contributed by atoms with van der Waals surface area (Å²) in [5, 5.41) is 10.2. The summed E-state index contributed by atoms with van der Waals surface area (Å²) in [6.07, 6.45) is 10.9. The number of nitrogens with zero attached hydrogens (tertiary/aromatic N) is 4. The van der Waals surface area contributed by atoms with Crippen molar-refractivity contribution >= 4 is 11.7 Å². The van der Waals surface area contributed by atoms with Gasteiger partial charge in [-0.1, -0.05) is 5.16 Å². The number of hydrogen-bond acceptors (Lipinski definition) is 7. The lowest BCUT2D eigenvalue weighted by atomic mass is 9.85. The number of hydrogen-bond donors (Lipinski definition) is 2. The largest absolute Gasteiger partial charge is 0.366 e. The summed E-state index contributed by atoms with van der Waals surface area (Å²) >= 11 is 0. The molecule has 8 nitrogen and oxygen atoms in total. The first-order valence-electron chi connectivity index (χ1n) is 8.90. The van der Waals surface area contributed by atoms with Gasteiger partial charge >= 0.3 is 0 Å². The van der Waals surface area contributed by atoms with Crippen LogP contribution in [-0.2, 0) is 11.3 Å². The van der Waals surface area contributed by atoms with Crippen LogP contribution < -0.4 is 10.6 Å². The summed E-state index contributed by atoms with van der Waals surface area (Å²) in [4.78, 5) is 25.0. The van der Waals surface area contributed by atoms with Crippen LogP contribution in [0.5, 0.6) is 0 Å². The Hall–Kier alpha value is -2.51. The molecule has 0 unspecified atom stereocenters. The fraction of sp³-hybridized carbons (Fsp3) is 0.588. The fourth-order valence-corrected chi connectivity index (χ4v) is 3.23. The summed E-state index contributed by atoms with van der Waals surface area (Å²) < 4.78 is 5.21. The molecule has 1 amide bonds. The van der Waals surface area contributed by atoms with Gasteiger partial charge in [-0.25, -0.2) is 4.98 Å². The minimum Gasteiger partial charge on any atom is -0.366 e. The molecule has 0 aromatic carbocycles. The Morgan fingerprint density at radius 1 is 1.16 bits per heavy atom. The molecular weight excluding hydrogens is 320 g/mol. The van der Waals surface area contributed by atoms with Crippen LogP contribution in [0.1, 0.15) is 56.2 Å². The average Bonchev–Trinajstić information content (AvgIpc) is 3.39. The smallest absolute Gasteiger partial charge is 0.229 e. The summed E-state index contributed by atoms with van der Waals surface area (Å²) in [7, 11) is 0. The molecule has 8 heteroatoms. The average molecular weight is 342 g/mol. The standard InChI is InChI=1S/C17H22N6O2/c24-16(20-10-15-22-17(25-23-15)12-1-2-12)11-3-5-13(6-4-11)21-14-9-18-7-8-19-14/h7-9,11-13H,1-6,10H2,(H,19,21)(H,20,24). The maximum Gasteiger partial charge on any atom is 0.229 e. The van der Waals surface area contributed by atoms with E-state index in [9.17, 15) is 4.79 Å². The van der Waals surface area contributed by atoms with Gasteiger partial charge in [-0.15, -0.1) is 0 Å². The molecule has 2 N–H and O–H groups in total. The molecule has 2 heterocycles. The predicted molar refractivity (Wildman–Crippen MR) is 89.5 cm³/mol. The van der Waals surface area contributed by atoms with Gasteiger partial charge in [0.2, 0.25) is 11.8 Å². The predicted octanol–water partition coefficient (Wildman–Crippen LogP) is 2.02. The molecule has 25 heavy (non-hydrogen) atoms. The summed E-state index contributed by atoms with van der Waals surface area (Å²) in [6, 6.07) is 0.346. The molecule has 132 valence electrons. The lowest BCUT2D eigenvalue weighted by molar-refractivity contribution is -0.126. The molecule has 0 atom stereocenters. The highest BCUT2D eigenvalue weighted by molar-refractivity contribution is 5.78. The number of amides is 1. The molecule has 2 aromatic heterocycles. The van der Waals surface area contributed by atoms with E-state index in [1.165, 1.54) is 0 Å². The molecule has 0 radical (unpaired) electrons. The molecule has 2 aliphatic rings. The first kappa shape index (κ1) is 16.0. The van der Waals surface area contributed by atoms with Crippen molar-refractivity contribution in [3.63, 3.8) is 0 Å². The third-order valence-corrected chi connectivity index (χ3v) is 4.84. The van der Waals surface area contributed by atoms with Gasteiger partial charge < -0.3 is 15.2 Å². The van der Waals surface area contributed by atoms with Gasteiger partial charge in [0.25, 0.3) is 0 Å². The Bertz CT molecular complexity index is 707. The van der Waals surface area contributed by atoms with Gasteiger partial charge in [0.05, 0.1) is 12.7 Å². The summed E-state index contributed by atoms with van der Waals surface area (Å²) in [5.41, 5.74) is 0. The van der Waals surface area contributed by atoms with Gasteiger partial charge in [-0.2, -0.15) is 4.98 Å². The van der Waals surface area contributed by atoms with E-state index in [4.69, 9.17) is 4.52 Å². The van der Waals surface area contributed by atoms with Crippen molar-refractivity contribution in [1.29, 1.82) is 0 Å². The maximum absolute atomic E-state index is 12.3. The second kappa shape index (κ2) is 7.16. The van der Waals surface area contributed by atoms with Crippen LogP contribution in [-0.4, -0.2) is 32.1 Å². The molecule has 2 aromatic rings. The SMILES string of the molecule is O=C(NCc1noc(C2CC2)n1)C1CCC(Nc2cnccn2)CC1. The highest BCUT2D eigenvalue weighted by Gasteiger charge is 2.30. The number of rotatable bonds is 6. The second-order valence-corrected chi connectivity index (χ2v) is 6.82. The summed E-state index contributed by atoms with van der Waals surface area (Å²) in [5.74, 6) is 2.63. The first-order valence-corrected chi connectivity index (χ1v) is 8.90. The molecule has 2 fully saturated rings. The lowest BCUT2D eigenvalue weighted by Gasteiger charge is -2.28. The third kappa shape index (κ3) is 4.12. The Labute approximate surface area is 145 Å². The van der Waals surface area contributed by atoms with Crippen molar-refractivity contribution in [1.82, 2.24) is 25.4 Å². The molecule has 0 aliphatic heterocycles. The number of nitrogens with one attached hydrogen (secondary N) is 2. The molecule has 2 saturated carbocycles. The summed E-state index contributed by atoms with van der Waals surface area (Å²) in [6.45, 7) is 0.340. The van der Waals surface area contributed by atoms with Crippen LogP contribution in [0, 0.1) is 5.92 Å². The minimum atomic E-state index is 0.0507. The quantitative estimate of drug-likeness (QED) is 0.827. The zero-order valence-corrected chi connectivity index (χ0v) is 14.0. The van der Waals surface area contributed by atoms with Gasteiger partial charge in [0.1, 0.15) is 5.82 Å². The van der Waals surface area contributed by atoms with Crippen LogP contribution in [0.25, 0.3) is 0 Å². The van der Waals surface area contributed by atoms with Crippen LogP contribution in [0.2, 0.25) is 0 Å². The molecule has 2 aliphatic carbocycles. The van der Waals surface area contributed by atoms with E-state index >= 15 is 0 Å². The van der Waals surface area contributed by atoms with E-state index in [0.29, 0.717) is 30.2 Å². The van der Waals surface area contributed by atoms with Crippen LogP contribution in [0.15, 0.2) is 23.1 Å². The maximum atomic E-state index is 12.3. The molecule has 0 bridgehead atoms. The van der Waals surface area contributed by atoms with E-state index in [0.717, 1.165) is 44.3 Å². The Balaban J connectivity index is 1.21. The Morgan fingerprint density at radius 2 is 2.00 bits per heavy atom. The molecule has 0 saturated heterocycles. The Morgan fingerprint density at radius 3 is 2.72 bits per heavy atom. The normalized spacial score (nSPS) is 23.2. The third-order valence-electron chi connectivity index (χ3n) is 4.84.